The Labute approximate surface area is 222 Å². The van der Waals surface area contributed by atoms with Crippen molar-refractivity contribution >= 4 is 10.9 Å². The summed E-state index contributed by atoms with van der Waals surface area (Å²) in [5.41, 5.74) is 5.03. The second kappa shape index (κ2) is 10.8. The second-order valence-corrected chi connectivity index (χ2v) is 10.7. The van der Waals surface area contributed by atoms with Crippen molar-refractivity contribution in [3.63, 3.8) is 0 Å². The molecule has 0 radical (unpaired) electrons. The number of nitrogens with zero attached hydrogens (tertiary/aromatic N) is 6. The summed E-state index contributed by atoms with van der Waals surface area (Å²) in [6.07, 6.45) is 2.15. The van der Waals surface area contributed by atoms with Crippen molar-refractivity contribution in [2.24, 2.45) is 0 Å². The first-order chi connectivity index (χ1) is 18.5. The largest absolute Gasteiger partial charge is 0.376 e. The van der Waals surface area contributed by atoms with Crippen molar-refractivity contribution in [3.8, 4) is 0 Å². The highest BCUT2D eigenvalue weighted by molar-refractivity contribution is 5.83. The predicted octanol–water partition coefficient (Wildman–Crippen LogP) is 3.22. The first-order valence-electron chi connectivity index (χ1n) is 13.6. The summed E-state index contributed by atoms with van der Waals surface area (Å²) in [5.74, 6) is 0.700. The fourth-order valence-corrected chi connectivity index (χ4v) is 5.95. The van der Waals surface area contributed by atoms with E-state index >= 15 is 0 Å². The van der Waals surface area contributed by atoms with Gasteiger partial charge in [-0.3, -0.25) is 14.6 Å². The molecule has 4 heterocycles. The Morgan fingerprint density at radius 3 is 2.66 bits per heavy atom. The van der Waals surface area contributed by atoms with Gasteiger partial charge in [0.1, 0.15) is 6.04 Å². The Hall–Kier alpha value is -3.40. The molecule has 0 aliphatic carbocycles. The minimum Gasteiger partial charge on any atom is -0.376 e. The van der Waals surface area contributed by atoms with Gasteiger partial charge >= 0.3 is 0 Å². The molecule has 2 fully saturated rings. The van der Waals surface area contributed by atoms with Crippen molar-refractivity contribution in [1.82, 2.24) is 35.0 Å². The average Bonchev–Trinajstić information content (AvgIpc) is 3.60. The maximum atomic E-state index is 13.6. The molecule has 0 amide bonds. The summed E-state index contributed by atoms with van der Waals surface area (Å²) in [6.45, 7) is 9.85. The smallest absolute Gasteiger partial charge is 0.253 e. The molecule has 0 saturated carbocycles. The number of tetrazole rings is 1. The predicted molar refractivity (Wildman–Crippen MR) is 146 cm³/mol. The number of aromatic amines is 1. The lowest BCUT2D eigenvalue weighted by molar-refractivity contribution is 0.0840. The van der Waals surface area contributed by atoms with Gasteiger partial charge in [-0.05, 0) is 65.8 Å². The zero-order valence-corrected chi connectivity index (χ0v) is 22.1. The number of H-pyrrole nitrogens is 1. The van der Waals surface area contributed by atoms with Crippen LogP contribution in [-0.4, -0.2) is 73.9 Å². The number of benzene rings is 2. The lowest BCUT2D eigenvalue weighted by Crippen LogP contribution is -2.48. The van der Waals surface area contributed by atoms with Crippen LogP contribution in [-0.2, 0) is 17.8 Å². The van der Waals surface area contributed by atoms with E-state index in [4.69, 9.17) is 4.74 Å². The van der Waals surface area contributed by atoms with Gasteiger partial charge in [0.2, 0.25) is 0 Å². The molecule has 2 aliphatic rings. The van der Waals surface area contributed by atoms with Crippen LogP contribution in [0.4, 0.5) is 0 Å². The Bertz CT molecular complexity index is 1450. The molecular formula is C29H35N7O2. The number of ether oxygens (including phenoxy) is 1. The number of fused-ring (bicyclic) bond motifs is 1. The molecule has 2 aromatic heterocycles. The molecule has 0 unspecified atom stereocenters. The van der Waals surface area contributed by atoms with E-state index in [0.29, 0.717) is 17.9 Å². The summed E-state index contributed by atoms with van der Waals surface area (Å²) >= 11 is 0. The van der Waals surface area contributed by atoms with Gasteiger partial charge in [-0.2, -0.15) is 0 Å². The molecule has 1 N–H and O–H groups in total. The summed E-state index contributed by atoms with van der Waals surface area (Å²) in [4.78, 5) is 21.6. The van der Waals surface area contributed by atoms with E-state index in [0.717, 1.165) is 68.6 Å². The molecule has 198 valence electrons. The fraction of sp³-hybridized carbons (Fsp3) is 0.448. The molecular weight excluding hydrogens is 478 g/mol. The summed E-state index contributed by atoms with van der Waals surface area (Å²) in [7, 11) is 0. The lowest BCUT2D eigenvalue weighted by atomic mass is 10.00. The first-order valence-corrected chi connectivity index (χ1v) is 13.6. The van der Waals surface area contributed by atoms with Crippen LogP contribution in [0.1, 0.15) is 47.0 Å². The van der Waals surface area contributed by atoms with Crippen molar-refractivity contribution < 1.29 is 4.74 Å². The quantitative estimate of drug-likeness (QED) is 0.406. The molecule has 0 spiro atoms. The van der Waals surface area contributed by atoms with Crippen molar-refractivity contribution in [3.05, 3.63) is 87.0 Å². The minimum absolute atomic E-state index is 0.0900. The van der Waals surface area contributed by atoms with Crippen LogP contribution < -0.4 is 5.56 Å². The highest BCUT2D eigenvalue weighted by Gasteiger charge is 2.33. The summed E-state index contributed by atoms with van der Waals surface area (Å²) < 4.78 is 7.74. The third kappa shape index (κ3) is 5.14. The highest BCUT2D eigenvalue weighted by Crippen LogP contribution is 2.29. The molecule has 2 aromatic carbocycles. The number of aromatic nitrogens is 5. The average molecular weight is 514 g/mol. The van der Waals surface area contributed by atoms with E-state index in [1.165, 1.54) is 11.1 Å². The molecule has 0 bridgehead atoms. The molecule has 6 rings (SSSR count). The van der Waals surface area contributed by atoms with Gasteiger partial charge in [-0.1, -0.05) is 42.0 Å². The third-order valence-electron chi connectivity index (χ3n) is 7.84. The maximum Gasteiger partial charge on any atom is 0.253 e. The van der Waals surface area contributed by atoms with Crippen LogP contribution in [0.5, 0.6) is 0 Å². The Balaban J connectivity index is 1.34. The number of nitrogens with one attached hydrogen (secondary N) is 1. The van der Waals surface area contributed by atoms with Crippen LogP contribution in [0.25, 0.3) is 10.9 Å². The van der Waals surface area contributed by atoms with E-state index in [1.54, 1.807) is 0 Å². The maximum absolute atomic E-state index is 13.6. The summed E-state index contributed by atoms with van der Waals surface area (Å²) in [5, 5.41) is 13.9. The standard InChI is InChI=1S/C29H35N7O2/c1-20-15-21(2)26-23(16-20)17-25(29(37)30-26)27(28-31-32-33-36(28)19-24-9-6-14-38-24)35-12-10-34(11-13-35)18-22-7-4-3-5-8-22/h3-5,7-8,15-17,24,27H,6,9-14,18-19H2,1-2H3,(H,30,37)/t24-,27-/m0/s1. The topological polar surface area (TPSA) is 92.2 Å². The monoisotopic (exact) mass is 513 g/mol. The van der Waals surface area contributed by atoms with Gasteiger partial charge in [0.05, 0.1) is 18.2 Å². The number of aryl methyl sites for hydroxylation is 2. The number of pyridine rings is 1. The zero-order chi connectivity index (χ0) is 26.1. The van der Waals surface area contributed by atoms with E-state index in [9.17, 15) is 4.79 Å². The third-order valence-corrected chi connectivity index (χ3v) is 7.84. The Morgan fingerprint density at radius 2 is 1.89 bits per heavy atom. The molecule has 2 atom stereocenters. The van der Waals surface area contributed by atoms with Crippen molar-refractivity contribution in [1.29, 1.82) is 0 Å². The van der Waals surface area contributed by atoms with Crippen LogP contribution in [0.3, 0.4) is 0 Å². The molecule has 9 heteroatoms. The Morgan fingerprint density at radius 1 is 1.08 bits per heavy atom. The number of hydrogen-bond donors (Lipinski definition) is 1. The molecule has 2 saturated heterocycles. The first kappa shape index (κ1) is 24.9. The van der Waals surface area contributed by atoms with E-state index < -0.39 is 0 Å². The van der Waals surface area contributed by atoms with Gasteiger partial charge in [-0.25, -0.2) is 4.68 Å². The van der Waals surface area contributed by atoms with Crippen LogP contribution in [0, 0.1) is 13.8 Å². The highest BCUT2D eigenvalue weighted by atomic mass is 16.5. The molecule has 38 heavy (non-hydrogen) atoms. The normalized spacial score (nSPS) is 19.8. The number of rotatable bonds is 7. The van der Waals surface area contributed by atoms with Crippen molar-refractivity contribution in [2.75, 3.05) is 32.8 Å². The van der Waals surface area contributed by atoms with E-state index in [-0.39, 0.29) is 17.7 Å². The Kier molecular flexibility index (Phi) is 7.06. The molecule has 2 aliphatic heterocycles. The summed E-state index contributed by atoms with van der Waals surface area (Å²) in [6, 6.07) is 16.5. The number of hydrogen-bond acceptors (Lipinski definition) is 7. The number of piperazine rings is 1. The van der Waals surface area contributed by atoms with Gasteiger partial charge in [0.15, 0.2) is 5.82 Å². The van der Waals surface area contributed by atoms with Crippen LogP contribution in [0.2, 0.25) is 0 Å². The van der Waals surface area contributed by atoms with E-state index in [2.05, 4.69) is 79.7 Å². The molecule has 4 aromatic rings. The van der Waals surface area contributed by atoms with Crippen LogP contribution >= 0.6 is 0 Å². The molecule has 9 nitrogen and oxygen atoms in total. The van der Waals surface area contributed by atoms with Gasteiger partial charge < -0.3 is 9.72 Å². The van der Waals surface area contributed by atoms with Gasteiger partial charge in [0, 0.05) is 44.9 Å². The van der Waals surface area contributed by atoms with Gasteiger partial charge in [-0.15, -0.1) is 5.10 Å². The SMILES string of the molecule is Cc1cc(C)c2[nH]c(=O)c([C@@H](c3nnnn3C[C@@H]3CCCO3)N3CCN(Cc4ccccc4)CC3)cc2c1. The fourth-order valence-electron chi connectivity index (χ4n) is 5.95. The van der Waals surface area contributed by atoms with Gasteiger partial charge in [0.25, 0.3) is 5.56 Å². The van der Waals surface area contributed by atoms with E-state index in [1.807, 2.05) is 17.7 Å². The lowest BCUT2D eigenvalue weighted by Gasteiger charge is -2.38. The second-order valence-electron chi connectivity index (χ2n) is 10.7. The van der Waals surface area contributed by atoms with Crippen molar-refractivity contribution in [2.45, 2.75) is 51.9 Å². The van der Waals surface area contributed by atoms with Crippen LogP contribution in [0.15, 0.2) is 53.3 Å². The minimum atomic E-state index is -0.348. The zero-order valence-electron chi connectivity index (χ0n) is 22.1.